The van der Waals surface area contributed by atoms with E-state index in [1.807, 2.05) is 0 Å². The minimum absolute atomic E-state index is 0.876. The summed E-state index contributed by atoms with van der Waals surface area (Å²) in [5.41, 5.74) is 7.67. The van der Waals surface area contributed by atoms with Gasteiger partial charge in [0, 0.05) is 24.5 Å². The molecule has 158 valence electrons. The Labute approximate surface area is 189 Å². The third kappa shape index (κ3) is 3.25. The molecule has 0 aliphatic carbocycles. The summed E-state index contributed by atoms with van der Waals surface area (Å²) in [5.74, 6) is 0. The van der Waals surface area contributed by atoms with E-state index in [4.69, 9.17) is 0 Å². The predicted octanol–water partition coefficient (Wildman–Crippen LogP) is 6.22. The zero-order valence-electron chi connectivity index (χ0n) is 18.0. The van der Waals surface area contributed by atoms with Crippen molar-refractivity contribution >= 4 is 34.1 Å². The Morgan fingerprint density at radius 2 is 0.750 bits per heavy atom. The highest BCUT2D eigenvalue weighted by Crippen LogP contribution is 2.42. The van der Waals surface area contributed by atoms with E-state index in [2.05, 4.69) is 129 Å². The van der Waals surface area contributed by atoms with Crippen LogP contribution in [0.4, 0.5) is 34.1 Å². The minimum Gasteiger partial charge on any atom is -0.350 e. The van der Waals surface area contributed by atoms with Crippen molar-refractivity contribution in [1.82, 2.24) is 0 Å². The van der Waals surface area contributed by atoms with Crippen LogP contribution in [0.25, 0.3) is 0 Å². The smallest absolute Gasteiger partial charge is 0.0953 e. The van der Waals surface area contributed by atoms with E-state index in [1.165, 1.54) is 34.1 Å². The first kappa shape index (κ1) is 18.8. The molecule has 4 aromatic carbocycles. The van der Waals surface area contributed by atoms with Gasteiger partial charge in [-0.2, -0.15) is 0 Å². The molecule has 0 N–H and O–H groups in total. The third-order valence-corrected chi connectivity index (χ3v) is 6.43. The fourth-order valence-electron chi connectivity index (χ4n) is 4.85. The summed E-state index contributed by atoms with van der Waals surface area (Å²) in [6.45, 7) is 3.69. The summed E-state index contributed by atoms with van der Waals surface area (Å²) in [6, 6.07) is 38.8. The van der Waals surface area contributed by atoms with Crippen molar-refractivity contribution in [2.24, 2.45) is 0 Å². The molecular formula is C28H26N4. The van der Waals surface area contributed by atoms with Gasteiger partial charge in [-0.3, -0.25) is 0 Å². The van der Waals surface area contributed by atoms with Gasteiger partial charge < -0.3 is 19.6 Å². The van der Waals surface area contributed by atoms with E-state index in [0.29, 0.717) is 0 Å². The summed E-state index contributed by atoms with van der Waals surface area (Å²) < 4.78 is 0. The Morgan fingerprint density at radius 1 is 0.406 bits per heavy atom. The lowest BCUT2D eigenvalue weighted by molar-refractivity contribution is 0.760. The first-order chi connectivity index (χ1) is 15.9. The molecule has 0 atom stereocenters. The molecule has 32 heavy (non-hydrogen) atoms. The molecule has 0 bridgehead atoms. The molecule has 0 aromatic heterocycles. The average molecular weight is 419 g/mol. The van der Waals surface area contributed by atoms with Gasteiger partial charge in [0.25, 0.3) is 0 Å². The number of anilines is 6. The molecule has 2 aliphatic rings. The zero-order chi connectivity index (χ0) is 21.3. The van der Waals surface area contributed by atoms with Crippen molar-refractivity contribution in [2.45, 2.75) is 0 Å². The fraction of sp³-hybridized carbons (Fsp3) is 0.143. The van der Waals surface area contributed by atoms with Gasteiger partial charge in [-0.1, -0.05) is 60.7 Å². The van der Waals surface area contributed by atoms with Gasteiger partial charge in [-0.25, -0.2) is 0 Å². The van der Waals surface area contributed by atoms with E-state index >= 15 is 0 Å². The van der Waals surface area contributed by atoms with Crippen LogP contribution in [-0.2, 0) is 0 Å². The van der Waals surface area contributed by atoms with Gasteiger partial charge in [0.1, 0.15) is 0 Å². The van der Waals surface area contributed by atoms with Crippen molar-refractivity contribution in [3.05, 3.63) is 109 Å². The predicted molar refractivity (Wildman–Crippen MR) is 134 cm³/mol. The van der Waals surface area contributed by atoms with Crippen molar-refractivity contribution in [1.29, 1.82) is 0 Å². The second-order valence-electron chi connectivity index (χ2n) is 8.31. The summed E-state index contributed by atoms with van der Waals surface area (Å²) in [5, 5.41) is 0. The highest BCUT2D eigenvalue weighted by Gasteiger charge is 2.29. The summed E-state index contributed by atoms with van der Waals surface area (Å²) in [7, 11) is 0. The second kappa shape index (κ2) is 7.97. The number of fused-ring (bicyclic) bond motifs is 2. The number of nitrogens with zero attached hydrogens (tertiary/aromatic N) is 4. The molecule has 0 saturated heterocycles. The van der Waals surface area contributed by atoms with Crippen LogP contribution >= 0.6 is 0 Å². The maximum absolute atomic E-state index is 2.50. The maximum Gasteiger partial charge on any atom is 0.0953 e. The van der Waals surface area contributed by atoms with Crippen LogP contribution < -0.4 is 19.6 Å². The van der Waals surface area contributed by atoms with E-state index in [9.17, 15) is 0 Å². The molecule has 4 nitrogen and oxygen atoms in total. The Morgan fingerprint density at radius 3 is 1.16 bits per heavy atom. The monoisotopic (exact) mass is 418 g/mol. The Hall–Kier alpha value is -3.92. The number of rotatable bonds is 5. The summed E-state index contributed by atoms with van der Waals surface area (Å²) in [4.78, 5) is 9.80. The highest BCUT2D eigenvalue weighted by atomic mass is 15.4. The molecule has 0 unspecified atom stereocenters. The van der Waals surface area contributed by atoms with Crippen molar-refractivity contribution in [2.75, 3.05) is 46.0 Å². The number of para-hydroxylation sites is 6. The van der Waals surface area contributed by atoms with Gasteiger partial charge in [-0.05, 0) is 48.5 Å². The van der Waals surface area contributed by atoms with Crippen LogP contribution in [0.3, 0.4) is 0 Å². The Balaban J connectivity index is 1.23. The molecular weight excluding hydrogens is 392 g/mol. The molecule has 2 aliphatic heterocycles. The lowest BCUT2D eigenvalue weighted by atomic mass is 10.2. The van der Waals surface area contributed by atoms with E-state index < -0.39 is 0 Å². The van der Waals surface area contributed by atoms with E-state index in [-0.39, 0.29) is 0 Å². The van der Waals surface area contributed by atoms with Gasteiger partial charge in [-0.15, -0.1) is 0 Å². The van der Waals surface area contributed by atoms with Gasteiger partial charge >= 0.3 is 0 Å². The first-order valence-electron chi connectivity index (χ1n) is 11.2. The van der Waals surface area contributed by atoms with Crippen LogP contribution in [0, 0.1) is 0 Å². The fourth-order valence-corrected chi connectivity index (χ4v) is 4.85. The van der Waals surface area contributed by atoms with E-state index in [1.54, 1.807) is 0 Å². The topological polar surface area (TPSA) is 13.0 Å². The van der Waals surface area contributed by atoms with Crippen molar-refractivity contribution < 1.29 is 0 Å². The van der Waals surface area contributed by atoms with Gasteiger partial charge in [0.15, 0.2) is 0 Å². The first-order valence-corrected chi connectivity index (χ1v) is 11.2. The normalized spacial score (nSPS) is 14.6. The molecule has 2 heterocycles. The third-order valence-electron chi connectivity index (χ3n) is 6.43. The second-order valence-corrected chi connectivity index (χ2v) is 8.31. The van der Waals surface area contributed by atoms with Crippen molar-refractivity contribution in [3.8, 4) is 0 Å². The lowest BCUT2D eigenvalue weighted by Gasteiger charge is -2.26. The largest absolute Gasteiger partial charge is 0.350 e. The maximum atomic E-state index is 2.50. The van der Waals surface area contributed by atoms with Crippen LogP contribution in [0.15, 0.2) is 109 Å². The van der Waals surface area contributed by atoms with Gasteiger partial charge in [0.2, 0.25) is 0 Å². The molecule has 0 amide bonds. The van der Waals surface area contributed by atoms with Crippen LogP contribution in [-0.4, -0.2) is 26.4 Å². The quantitative estimate of drug-likeness (QED) is 0.381. The highest BCUT2D eigenvalue weighted by molar-refractivity contribution is 5.84. The molecule has 4 aromatic rings. The Kier molecular flexibility index (Phi) is 4.69. The SMILES string of the molecule is c1ccc(N2CN(CCN3CN(c4ccccc4)c4ccccc43)c3ccccc32)cc1. The standard InChI is InChI=1S/C28H26N4/c1-3-11-23(12-4-1)31-21-29(25-15-7-9-17-27(25)31)19-20-30-22-32(24-13-5-2-6-14-24)28-18-10-8-16-26(28)30/h1-18H,19-22H2. The molecule has 0 fully saturated rings. The number of benzene rings is 4. The van der Waals surface area contributed by atoms with Crippen molar-refractivity contribution in [3.63, 3.8) is 0 Å². The van der Waals surface area contributed by atoms with Crippen LogP contribution in [0.1, 0.15) is 0 Å². The summed E-state index contributed by atoms with van der Waals surface area (Å²) in [6.07, 6.45) is 0. The average Bonchev–Trinajstić information content (AvgIpc) is 3.43. The van der Waals surface area contributed by atoms with Crippen LogP contribution in [0.2, 0.25) is 0 Å². The number of hydrogen-bond acceptors (Lipinski definition) is 4. The summed E-state index contributed by atoms with van der Waals surface area (Å²) >= 11 is 0. The molecule has 0 radical (unpaired) electrons. The molecule has 4 heteroatoms. The van der Waals surface area contributed by atoms with Crippen LogP contribution in [0.5, 0.6) is 0 Å². The molecule has 0 spiro atoms. The Bertz CT molecular complexity index is 1110. The number of hydrogen-bond donors (Lipinski definition) is 0. The molecule has 0 saturated carbocycles. The lowest BCUT2D eigenvalue weighted by Crippen LogP contribution is -2.37. The minimum atomic E-state index is 0.876. The molecule has 6 rings (SSSR count). The van der Waals surface area contributed by atoms with Gasteiger partial charge in [0.05, 0.1) is 36.1 Å². The van der Waals surface area contributed by atoms with E-state index in [0.717, 1.165) is 26.4 Å². The zero-order valence-corrected chi connectivity index (χ0v) is 18.0.